The Morgan fingerprint density at radius 1 is 0.676 bits per heavy atom. The van der Waals surface area contributed by atoms with Gasteiger partial charge in [-0.3, -0.25) is 0 Å². The minimum Gasteiger partial charge on any atom is -0.429 e. The summed E-state index contributed by atoms with van der Waals surface area (Å²) in [5.41, 5.74) is 1.16. The summed E-state index contributed by atoms with van der Waals surface area (Å²) in [5, 5.41) is 0. The van der Waals surface area contributed by atoms with E-state index in [9.17, 15) is 30.7 Å². The summed E-state index contributed by atoms with van der Waals surface area (Å²) in [6.07, 6.45) is -3.77. The second-order valence-corrected chi connectivity index (χ2v) is 8.12. The van der Waals surface area contributed by atoms with Crippen LogP contribution in [0.2, 0.25) is 0 Å². The van der Waals surface area contributed by atoms with Crippen molar-refractivity contribution in [1.29, 1.82) is 0 Å². The Morgan fingerprint density at radius 3 is 1.65 bits per heavy atom. The highest BCUT2D eigenvalue weighted by atomic mass is 19.3. The molecule has 37 heavy (non-hydrogen) atoms. The minimum absolute atomic E-state index is 0.0348. The maximum Gasteiger partial charge on any atom is 0.426 e. The van der Waals surface area contributed by atoms with Crippen LogP contribution in [0.1, 0.15) is 24.5 Å². The molecule has 0 radical (unpaired) electrons. The maximum absolute atomic E-state index is 14.8. The summed E-state index contributed by atoms with van der Waals surface area (Å²) in [5.74, 6) is -6.32. The lowest BCUT2D eigenvalue weighted by Crippen LogP contribution is -2.21. The Labute approximate surface area is 208 Å². The third kappa shape index (κ3) is 5.69. The van der Waals surface area contributed by atoms with Gasteiger partial charge in [0, 0.05) is 5.56 Å². The number of allylic oxidation sites excluding steroid dienone is 1. The molecule has 0 unspecified atom stereocenters. The summed E-state index contributed by atoms with van der Waals surface area (Å²) in [7, 11) is 0. The van der Waals surface area contributed by atoms with Crippen molar-refractivity contribution in [2.45, 2.75) is 19.5 Å². The van der Waals surface area contributed by atoms with Crippen LogP contribution >= 0.6 is 0 Å². The number of rotatable bonds is 7. The number of ether oxygens (including phenoxy) is 1. The molecule has 0 aliphatic carbocycles. The first kappa shape index (κ1) is 26.0. The lowest BCUT2D eigenvalue weighted by atomic mass is 10.0. The van der Waals surface area contributed by atoms with E-state index in [1.54, 1.807) is 12.1 Å². The van der Waals surface area contributed by atoms with E-state index in [0.717, 1.165) is 12.1 Å². The van der Waals surface area contributed by atoms with Gasteiger partial charge in [0.2, 0.25) is 0 Å². The van der Waals surface area contributed by atoms with Crippen molar-refractivity contribution in [3.05, 3.63) is 119 Å². The van der Waals surface area contributed by atoms with Crippen LogP contribution in [-0.2, 0) is 6.11 Å². The van der Waals surface area contributed by atoms with Crippen molar-refractivity contribution in [1.82, 2.24) is 0 Å². The molecule has 1 nitrogen and oxygen atoms in total. The first-order valence-corrected chi connectivity index (χ1v) is 11.2. The SMILES string of the molecule is CCC(F)=C(F)c1ccc(-c2ccc(C(F)(F)Oc3ccc(-c4cc(F)c(F)c(F)c4)cc3)cc2)cc1. The fourth-order valence-electron chi connectivity index (χ4n) is 3.62. The Kier molecular flexibility index (Phi) is 7.38. The lowest BCUT2D eigenvalue weighted by Gasteiger charge is -2.19. The van der Waals surface area contributed by atoms with E-state index >= 15 is 0 Å². The molecule has 0 bridgehead atoms. The molecular formula is C29H19F7O. The zero-order chi connectivity index (χ0) is 26.7. The third-order valence-electron chi connectivity index (χ3n) is 5.66. The highest BCUT2D eigenvalue weighted by Crippen LogP contribution is 2.34. The standard InChI is InChI=1S/C29H19F7O/c1-2-24(30)27(33)20-5-3-17(4-6-20)18-7-11-22(12-8-18)29(35,36)37-23-13-9-19(10-14-23)21-15-25(31)28(34)26(32)16-21/h3-16H,2H2,1H3. The fraction of sp³-hybridized carbons (Fsp3) is 0.103. The molecule has 0 saturated carbocycles. The summed E-state index contributed by atoms with van der Waals surface area (Å²) in [4.78, 5) is 0. The summed E-state index contributed by atoms with van der Waals surface area (Å²) < 4.78 is 102. The summed E-state index contributed by atoms with van der Waals surface area (Å²) in [6, 6.07) is 17.8. The van der Waals surface area contributed by atoms with Gasteiger partial charge in [-0.2, -0.15) is 8.78 Å². The van der Waals surface area contributed by atoms with Crippen LogP contribution in [0.3, 0.4) is 0 Å². The largest absolute Gasteiger partial charge is 0.429 e. The Morgan fingerprint density at radius 2 is 1.14 bits per heavy atom. The Hall–Kier alpha value is -4.07. The number of hydrogen-bond donors (Lipinski definition) is 0. The van der Waals surface area contributed by atoms with Crippen LogP contribution in [-0.4, -0.2) is 0 Å². The van der Waals surface area contributed by atoms with E-state index < -0.39 is 40.8 Å². The van der Waals surface area contributed by atoms with Crippen LogP contribution in [0.15, 0.2) is 90.8 Å². The molecule has 0 amide bonds. The molecule has 0 fully saturated rings. The molecule has 4 aromatic rings. The molecule has 4 rings (SSSR count). The van der Waals surface area contributed by atoms with Crippen molar-refractivity contribution in [2.24, 2.45) is 0 Å². The van der Waals surface area contributed by atoms with Gasteiger partial charge in [0.05, 0.1) is 5.56 Å². The minimum atomic E-state index is -3.70. The van der Waals surface area contributed by atoms with Gasteiger partial charge in [0.25, 0.3) is 0 Å². The molecule has 0 saturated heterocycles. The molecule has 0 aliphatic heterocycles. The predicted molar refractivity (Wildman–Crippen MR) is 128 cm³/mol. The first-order valence-electron chi connectivity index (χ1n) is 11.2. The van der Waals surface area contributed by atoms with E-state index in [1.807, 2.05) is 0 Å². The molecule has 0 N–H and O–H groups in total. The maximum atomic E-state index is 14.8. The topological polar surface area (TPSA) is 9.23 Å². The van der Waals surface area contributed by atoms with E-state index in [2.05, 4.69) is 0 Å². The second-order valence-electron chi connectivity index (χ2n) is 8.12. The monoisotopic (exact) mass is 516 g/mol. The first-order chi connectivity index (χ1) is 17.6. The van der Waals surface area contributed by atoms with Gasteiger partial charge in [0.15, 0.2) is 23.3 Å². The molecule has 0 heterocycles. The Bertz CT molecular complexity index is 1400. The number of halogens is 7. The van der Waals surface area contributed by atoms with Crippen molar-refractivity contribution >= 4 is 5.83 Å². The predicted octanol–water partition coefficient (Wildman–Crippen LogP) is 9.58. The fourth-order valence-corrected chi connectivity index (χ4v) is 3.62. The van der Waals surface area contributed by atoms with Gasteiger partial charge in [-0.15, -0.1) is 0 Å². The van der Waals surface area contributed by atoms with Crippen LogP contribution in [0.25, 0.3) is 28.1 Å². The van der Waals surface area contributed by atoms with Gasteiger partial charge in [-0.1, -0.05) is 55.5 Å². The Balaban J connectivity index is 1.48. The van der Waals surface area contributed by atoms with Crippen LogP contribution in [0, 0.1) is 17.5 Å². The van der Waals surface area contributed by atoms with E-state index in [1.165, 1.54) is 67.6 Å². The highest BCUT2D eigenvalue weighted by molar-refractivity contribution is 5.69. The smallest absolute Gasteiger partial charge is 0.426 e. The van der Waals surface area contributed by atoms with Crippen molar-refractivity contribution < 1.29 is 35.5 Å². The van der Waals surface area contributed by atoms with Gasteiger partial charge >= 0.3 is 6.11 Å². The van der Waals surface area contributed by atoms with Crippen LogP contribution in [0.5, 0.6) is 5.75 Å². The van der Waals surface area contributed by atoms with Crippen molar-refractivity contribution in [3.63, 3.8) is 0 Å². The quantitative estimate of drug-likeness (QED) is 0.176. The molecule has 8 heteroatoms. The molecule has 0 aromatic heterocycles. The average molecular weight is 516 g/mol. The van der Waals surface area contributed by atoms with E-state index in [4.69, 9.17) is 4.74 Å². The summed E-state index contributed by atoms with van der Waals surface area (Å²) >= 11 is 0. The third-order valence-corrected chi connectivity index (χ3v) is 5.66. The zero-order valence-electron chi connectivity index (χ0n) is 19.3. The van der Waals surface area contributed by atoms with Gasteiger partial charge in [-0.05, 0) is 65.1 Å². The van der Waals surface area contributed by atoms with Crippen LogP contribution in [0.4, 0.5) is 30.7 Å². The van der Waals surface area contributed by atoms with Gasteiger partial charge < -0.3 is 4.74 Å². The van der Waals surface area contributed by atoms with Gasteiger partial charge in [0.1, 0.15) is 11.6 Å². The second kappa shape index (κ2) is 10.5. The van der Waals surface area contributed by atoms with E-state index in [-0.39, 0.29) is 28.9 Å². The molecular weight excluding hydrogens is 497 g/mol. The normalized spacial score (nSPS) is 12.3. The van der Waals surface area contributed by atoms with Crippen LogP contribution < -0.4 is 4.74 Å². The molecule has 0 atom stereocenters. The average Bonchev–Trinajstić information content (AvgIpc) is 2.91. The number of alkyl halides is 2. The molecule has 0 aliphatic rings. The molecule has 4 aromatic carbocycles. The highest BCUT2D eigenvalue weighted by Gasteiger charge is 2.34. The summed E-state index contributed by atoms with van der Waals surface area (Å²) in [6.45, 7) is 1.50. The number of benzene rings is 4. The van der Waals surface area contributed by atoms with E-state index in [0.29, 0.717) is 11.1 Å². The number of hydrogen-bond acceptors (Lipinski definition) is 1. The molecule has 0 spiro atoms. The van der Waals surface area contributed by atoms with Crippen molar-refractivity contribution in [2.75, 3.05) is 0 Å². The van der Waals surface area contributed by atoms with Crippen molar-refractivity contribution in [3.8, 4) is 28.0 Å². The lowest BCUT2D eigenvalue weighted by molar-refractivity contribution is -0.185. The zero-order valence-corrected chi connectivity index (χ0v) is 19.3. The molecule has 190 valence electrons. The van der Waals surface area contributed by atoms with Gasteiger partial charge in [-0.25, -0.2) is 22.0 Å².